The number of halogens is 2. The maximum Gasteiger partial charge on any atom is 0.244 e. The zero-order valence-corrected chi connectivity index (χ0v) is 19.1. The predicted molar refractivity (Wildman–Crippen MR) is 120 cm³/mol. The molecule has 3 heterocycles. The summed E-state index contributed by atoms with van der Waals surface area (Å²) in [7, 11) is 1.60. The molecule has 1 aromatic carbocycles. The highest BCUT2D eigenvalue weighted by molar-refractivity contribution is 6.33. The molecular weight excluding hydrogens is 439 g/mol. The van der Waals surface area contributed by atoms with E-state index in [0.717, 1.165) is 17.9 Å². The first-order valence-electron chi connectivity index (χ1n) is 10.00. The third-order valence-corrected chi connectivity index (χ3v) is 6.33. The van der Waals surface area contributed by atoms with Crippen LogP contribution < -0.4 is 9.64 Å². The summed E-state index contributed by atoms with van der Waals surface area (Å²) in [5.41, 5.74) is 1.76. The van der Waals surface area contributed by atoms with Gasteiger partial charge in [-0.15, -0.1) is 0 Å². The molecule has 1 aliphatic heterocycles. The first kappa shape index (κ1) is 21.5. The minimum Gasteiger partial charge on any atom is -0.495 e. The van der Waals surface area contributed by atoms with Gasteiger partial charge in [0.15, 0.2) is 5.82 Å². The van der Waals surface area contributed by atoms with E-state index in [9.17, 15) is 4.79 Å². The predicted octanol–water partition coefficient (Wildman–Crippen LogP) is 3.43. The maximum absolute atomic E-state index is 13.1. The molecule has 0 unspecified atom stereocenters. The van der Waals surface area contributed by atoms with Gasteiger partial charge in [-0.1, -0.05) is 23.2 Å². The van der Waals surface area contributed by atoms with Crippen LogP contribution in [0.3, 0.4) is 0 Å². The maximum atomic E-state index is 13.1. The van der Waals surface area contributed by atoms with Crippen LogP contribution in [0, 0.1) is 6.92 Å². The first-order valence-corrected chi connectivity index (χ1v) is 10.8. The summed E-state index contributed by atoms with van der Waals surface area (Å²) in [5, 5.41) is 9.75. The van der Waals surface area contributed by atoms with Crippen LogP contribution in [0.15, 0.2) is 36.7 Å². The van der Waals surface area contributed by atoms with E-state index in [1.54, 1.807) is 34.9 Å². The number of hydrogen-bond acceptors (Lipinski definition) is 5. The van der Waals surface area contributed by atoms with Gasteiger partial charge >= 0.3 is 0 Å². The lowest BCUT2D eigenvalue weighted by molar-refractivity contribution is -0.134. The number of amides is 1. The smallest absolute Gasteiger partial charge is 0.244 e. The third-order valence-electron chi connectivity index (χ3n) is 5.57. The second-order valence-electron chi connectivity index (χ2n) is 7.53. The number of nitrogens with zero attached hydrogens (tertiary/aromatic N) is 6. The summed E-state index contributed by atoms with van der Waals surface area (Å²) >= 11 is 12.6. The topological polar surface area (TPSA) is 68.4 Å². The van der Waals surface area contributed by atoms with Crippen LogP contribution in [-0.4, -0.2) is 63.2 Å². The Bertz CT molecular complexity index is 1080. The number of anilines is 1. The molecule has 0 radical (unpaired) electrons. The molecule has 0 spiro atoms. The number of piperazine rings is 1. The minimum atomic E-state index is 0.00937. The zero-order chi connectivity index (χ0) is 22.1. The molecule has 0 bridgehead atoms. The molecule has 1 fully saturated rings. The molecule has 164 valence electrons. The summed E-state index contributed by atoms with van der Waals surface area (Å²) in [6.07, 6.45) is 3.43. The molecule has 1 atom stereocenters. The summed E-state index contributed by atoms with van der Waals surface area (Å²) in [6, 6.07) is 7.58. The Kier molecular flexibility index (Phi) is 6.11. The van der Waals surface area contributed by atoms with Gasteiger partial charge in [0.05, 0.1) is 17.8 Å². The van der Waals surface area contributed by atoms with Crippen LogP contribution in [-0.2, 0) is 11.3 Å². The molecule has 10 heteroatoms. The van der Waals surface area contributed by atoms with Crippen LogP contribution in [0.2, 0.25) is 10.0 Å². The summed E-state index contributed by atoms with van der Waals surface area (Å²) < 4.78 is 8.57. The normalized spacial score (nSPS) is 16.6. The van der Waals surface area contributed by atoms with E-state index in [1.165, 1.54) is 0 Å². The van der Waals surface area contributed by atoms with Crippen molar-refractivity contribution in [2.24, 2.45) is 0 Å². The van der Waals surface area contributed by atoms with Gasteiger partial charge in [0.1, 0.15) is 17.3 Å². The number of methoxy groups -OCH3 is 1. The zero-order valence-electron chi connectivity index (χ0n) is 17.6. The van der Waals surface area contributed by atoms with Crippen LogP contribution in [0.1, 0.15) is 12.6 Å². The largest absolute Gasteiger partial charge is 0.495 e. The summed E-state index contributed by atoms with van der Waals surface area (Å²) in [4.78, 5) is 17.2. The van der Waals surface area contributed by atoms with Gasteiger partial charge < -0.3 is 14.5 Å². The fourth-order valence-electron chi connectivity index (χ4n) is 3.83. The molecule has 31 heavy (non-hydrogen) atoms. The van der Waals surface area contributed by atoms with E-state index in [0.29, 0.717) is 34.7 Å². The van der Waals surface area contributed by atoms with Crippen LogP contribution in [0.25, 0.3) is 5.82 Å². The molecule has 1 aliphatic rings. The molecule has 8 nitrogen and oxygen atoms in total. The lowest BCUT2D eigenvalue weighted by Gasteiger charge is -2.41. The highest BCUT2D eigenvalue weighted by Gasteiger charge is 2.29. The number of rotatable bonds is 5. The van der Waals surface area contributed by atoms with Crippen molar-refractivity contribution in [3.8, 4) is 11.6 Å². The van der Waals surface area contributed by atoms with Crippen molar-refractivity contribution in [3.05, 3.63) is 52.4 Å². The Morgan fingerprint density at radius 3 is 2.77 bits per heavy atom. The van der Waals surface area contributed by atoms with Gasteiger partial charge in [0.2, 0.25) is 5.91 Å². The van der Waals surface area contributed by atoms with Crippen molar-refractivity contribution in [2.75, 3.05) is 31.6 Å². The number of hydrogen-bond donors (Lipinski definition) is 0. The van der Waals surface area contributed by atoms with E-state index >= 15 is 0 Å². The van der Waals surface area contributed by atoms with Crippen molar-refractivity contribution in [2.45, 2.75) is 26.4 Å². The first-order chi connectivity index (χ1) is 14.9. The van der Waals surface area contributed by atoms with E-state index in [4.69, 9.17) is 27.9 Å². The SMILES string of the molecule is COc1cc(N2CCN(C(=O)Cn3nc(-n4cccn4)c(Cl)c3C)[C@@H](C)C2)ccc1Cl. The van der Waals surface area contributed by atoms with Crippen LogP contribution >= 0.6 is 23.2 Å². The molecule has 1 saturated heterocycles. The van der Waals surface area contributed by atoms with E-state index in [-0.39, 0.29) is 18.5 Å². The Hall–Kier alpha value is -2.71. The molecule has 4 rings (SSSR count). The van der Waals surface area contributed by atoms with Crippen molar-refractivity contribution in [1.82, 2.24) is 24.5 Å². The van der Waals surface area contributed by atoms with Crippen LogP contribution in [0.5, 0.6) is 5.75 Å². The van der Waals surface area contributed by atoms with Crippen molar-refractivity contribution in [3.63, 3.8) is 0 Å². The second-order valence-corrected chi connectivity index (χ2v) is 8.32. The average molecular weight is 463 g/mol. The molecule has 0 N–H and O–H groups in total. The van der Waals surface area contributed by atoms with Crippen molar-refractivity contribution >= 4 is 34.8 Å². The minimum absolute atomic E-state index is 0.00937. The van der Waals surface area contributed by atoms with Crippen LogP contribution in [0.4, 0.5) is 5.69 Å². The lowest BCUT2D eigenvalue weighted by Crippen LogP contribution is -2.54. The Morgan fingerprint density at radius 2 is 2.10 bits per heavy atom. The quantitative estimate of drug-likeness (QED) is 0.580. The molecule has 0 saturated carbocycles. The van der Waals surface area contributed by atoms with E-state index < -0.39 is 0 Å². The fourth-order valence-corrected chi connectivity index (χ4v) is 4.25. The van der Waals surface area contributed by atoms with E-state index in [1.807, 2.05) is 30.0 Å². The molecular formula is C21H24Cl2N6O2. The summed E-state index contributed by atoms with van der Waals surface area (Å²) in [5.74, 6) is 1.17. The van der Waals surface area contributed by atoms with Gasteiger partial charge in [-0.3, -0.25) is 9.48 Å². The van der Waals surface area contributed by atoms with Crippen molar-refractivity contribution in [1.29, 1.82) is 0 Å². The standard InChI is InChI=1S/C21H24Cl2N6O2/c1-14-12-26(16-5-6-17(22)18(11-16)31-3)9-10-27(14)19(30)13-29-15(2)20(23)21(25-29)28-8-4-7-24-28/h4-8,11,14H,9-10,12-13H2,1-3H3/t14-/m0/s1. The van der Waals surface area contributed by atoms with Gasteiger partial charge in [-0.05, 0) is 32.0 Å². The highest BCUT2D eigenvalue weighted by Crippen LogP contribution is 2.30. The molecule has 1 amide bonds. The van der Waals surface area contributed by atoms with Gasteiger partial charge in [-0.25, -0.2) is 4.68 Å². The molecule has 0 aliphatic carbocycles. The van der Waals surface area contributed by atoms with Gasteiger partial charge in [0, 0.05) is 49.8 Å². The molecule has 2 aromatic heterocycles. The molecule has 3 aromatic rings. The average Bonchev–Trinajstić information content (AvgIpc) is 3.38. The number of aromatic nitrogens is 4. The second kappa shape index (κ2) is 8.80. The number of carbonyl (C=O) groups excluding carboxylic acids is 1. The Morgan fingerprint density at radius 1 is 1.29 bits per heavy atom. The Balaban J connectivity index is 1.45. The fraction of sp³-hybridized carbons (Fsp3) is 0.381. The third kappa shape index (κ3) is 4.22. The Labute approximate surface area is 190 Å². The number of ether oxygens (including phenoxy) is 1. The highest BCUT2D eigenvalue weighted by atomic mass is 35.5. The number of benzene rings is 1. The van der Waals surface area contributed by atoms with E-state index in [2.05, 4.69) is 22.0 Å². The summed E-state index contributed by atoms with van der Waals surface area (Å²) in [6.45, 7) is 6.09. The van der Waals surface area contributed by atoms with Gasteiger partial charge in [-0.2, -0.15) is 10.2 Å². The lowest BCUT2D eigenvalue weighted by atomic mass is 10.1. The number of carbonyl (C=O) groups is 1. The van der Waals surface area contributed by atoms with Crippen molar-refractivity contribution < 1.29 is 9.53 Å². The van der Waals surface area contributed by atoms with Gasteiger partial charge in [0.25, 0.3) is 0 Å². The monoisotopic (exact) mass is 462 g/mol.